The number of hydrogen-bond acceptors (Lipinski definition) is 2. The first-order valence-corrected chi connectivity index (χ1v) is 6.43. The minimum Gasteiger partial charge on any atom is -0.494 e. The molecule has 0 aliphatic carbocycles. The fourth-order valence-corrected chi connectivity index (χ4v) is 2.62. The minimum absolute atomic E-state index is 0.122. The SMILES string of the molecule is CCOc1ccc(C2(C)CC(=O)NC2(C)C)cc1. The number of nitrogens with one attached hydrogen (secondary N) is 1. The molecule has 1 aromatic rings. The molecule has 3 heteroatoms. The quantitative estimate of drug-likeness (QED) is 0.891. The van der Waals surface area contributed by atoms with E-state index in [0.717, 1.165) is 5.75 Å². The van der Waals surface area contributed by atoms with Crippen LogP contribution in [0.2, 0.25) is 0 Å². The molecule has 1 saturated heterocycles. The van der Waals surface area contributed by atoms with Gasteiger partial charge in [0.2, 0.25) is 5.91 Å². The second kappa shape index (κ2) is 4.30. The molecule has 1 unspecified atom stereocenters. The molecule has 1 aromatic carbocycles. The summed E-state index contributed by atoms with van der Waals surface area (Å²) >= 11 is 0. The zero-order valence-electron chi connectivity index (χ0n) is 11.5. The van der Waals surface area contributed by atoms with E-state index in [2.05, 4.69) is 38.2 Å². The van der Waals surface area contributed by atoms with Crippen molar-refractivity contribution < 1.29 is 9.53 Å². The normalized spacial score (nSPS) is 25.9. The fourth-order valence-electron chi connectivity index (χ4n) is 2.62. The lowest BCUT2D eigenvalue weighted by Crippen LogP contribution is -2.48. The molecule has 0 aromatic heterocycles. The molecule has 0 saturated carbocycles. The van der Waals surface area contributed by atoms with Crippen molar-refractivity contribution in [1.82, 2.24) is 5.32 Å². The van der Waals surface area contributed by atoms with Crippen molar-refractivity contribution in [3.05, 3.63) is 29.8 Å². The van der Waals surface area contributed by atoms with Gasteiger partial charge in [0.1, 0.15) is 5.75 Å². The Balaban J connectivity index is 2.33. The van der Waals surface area contributed by atoms with Gasteiger partial charge in [-0.05, 0) is 38.5 Å². The Morgan fingerprint density at radius 2 is 1.83 bits per heavy atom. The molecular formula is C15H21NO2. The van der Waals surface area contributed by atoms with E-state index in [0.29, 0.717) is 13.0 Å². The van der Waals surface area contributed by atoms with Gasteiger partial charge in [0.05, 0.1) is 6.61 Å². The van der Waals surface area contributed by atoms with Crippen LogP contribution >= 0.6 is 0 Å². The molecule has 1 aliphatic rings. The van der Waals surface area contributed by atoms with Crippen molar-refractivity contribution in [2.45, 2.75) is 45.1 Å². The van der Waals surface area contributed by atoms with E-state index in [1.165, 1.54) is 5.56 Å². The lowest BCUT2D eigenvalue weighted by molar-refractivity contribution is -0.119. The van der Waals surface area contributed by atoms with Gasteiger partial charge in [-0.2, -0.15) is 0 Å². The molecule has 18 heavy (non-hydrogen) atoms. The van der Waals surface area contributed by atoms with Gasteiger partial charge in [0.15, 0.2) is 0 Å². The molecule has 0 spiro atoms. The Hall–Kier alpha value is -1.51. The van der Waals surface area contributed by atoms with Gasteiger partial charge in [-0.1, -0.05) is 19.1 Å². The second-order valence-corrected chi connectivity index (χ2v) is 5.64. The van der Waals surface area contributed by atoms with Crippen LogP contribution in [0.3, 0.4) is 0 Å². The molecule has 1 N–H and O–H groups in total. The summed E-state index contributed by atoms with van der Waals surface area (Å²) in [5.41, 5.74) is 0.778. The topological polar surface area (TPSA) is 38.3 Å². The van der Waals surface area contributed by atoms with E-state index >= 15 is 0 Å². The van der Waals surface area contributed by atoms with Gasteiger partial charge in [-0.3, -0.25) is 4.79 Å². The summed E-state index contributed by atoms with van der Waals surface area (Å²) in [5.74, 6) is 0.997. The van der Waals surface area contributed by atoms with E-state index < -0.39 is 0 Å². The molecule has 0 bridgehead atoms. The van der Waals surface area contributed by atoms with Gasteiger partial charge >= 0.3 is 0 Å². The average Bonchev–Trinajstić information content (AvgIpc) is 2.49. The van der Waals surface area contributed by atoms with E-state index in [4.69, 9.17) is 4.74 Å². The minimum atomic E-state index is -0.225. The maximum atomic E-state index is 11.7. The molecule has 98 valence electrons. The largest absolute Gasteiger partial charge is 0.494 e. The summed E-state index contributed by atoms with van der Waals surface area (Å²) in [6.07, 6.45) is 0.536. The fraction of sp³-hybridized carbons (Fsp3) is 0.533. The zero-order valence-corrected chi connectivity index (χ0v) is 11.5. The summed E-state index contributed by atoms with van der Waals surface area (Å²) < 4.78 is 5.45. The third-order valence-corrected chi connectivity index (χ3v) is 4.15. The van der Waals surface area contributed by atoms with Crippen LogP contribution in [0.25, 0.3) is 0 Å². The summed E-state index contributed by atoms with van der Waals surface area (Å²) in [5, 5.41) is 3.05. The van der Waals surface area contributed by atoms with Gasteiger partial charge in [0, 0.05) is 17.4 Å². The first-order chi connectivity index (χ1) is 8.39. The summed E-state index contributed by atoms with van der Waals surface area (Å²) in [6, 6.07) is 8.08. The number of amides is 1. The Morgan fingerprint density at radius 1 is 1.22 bits per heavy atom. The summed E-state index contributed by atoms with van der Waals surface area (Å²) in [6.45, 7) is 8.93. The van der Waals surface area contributed by atoms with Crippen molar-refractivity contribution in [2.75, 3.05) is 6.61 Å². The molecule has 1 heterocycles. The predicted molar refractivity (Wildman–Crippen MR) is 71.8 cm³/mol. The first kappa shape index (κ1) is 12.9. The van der Waals surface area contributed by atoms with Gasteiger partial charge in [0.25, 0.3) is 0 Å². The van der Waals surface area contributed by atoms with Crippen LogP contribution in [0, 0.1) is 0 Å². The number of carbonyl (C=O) groups is 1. The highest BCUT2D eigenvalue weighted by Gasteiger charge is 2.50. The van der Waals surface area contributed by atoms with Gasteiger partial charge in [-0.15, -0.1) is 0 Å². The van der Waals surface area contributed by atoms with E-state index in [1.54, 1.807) is 0 Å². The Morgan fingerprint density at radius 3 is 2.28 bits per heavy atom. The Bertz CT molecular complexity index is 450. The maximum Gasteiger partial charge on any atom is 0.221 e. The molecule has 1 aliphatic heterocycles. The van der Waals surface area contributed by atoms with Crippen LogP contribution in [-0.2, 0) is 10.2 Å². The van der Waals surface area contributed by atoms with E-state index in [-0.39, 0.29) is 16.9 Å². The summed E-state index contributed by atoms with van der Waals surface area (Å²) in [4.78, 5) is 11.7. The number of benzene rings is 1. The third-order valence-electron chi connectivity index (χ3n) is 4.15. The van der Waals surface area contributed by atoms with Crippen molar-refractivity contribution in [1.29, 1.82) is 0 Å². The summed E-state index contributed by atoms with van der Waals surface area (Å²) in [7, 11) is 0. The van der Waals surface area contributed by atoms with Crippen molar-refractivity contribution >= 4 is 5.91 Å². The third kappa shape index (κ3) is 1.98. The molecule has 1 amide bonds. The van der Waals surface area contributed by atoms with Crippen LogP contribution in [0.1, 0.15) is 39.7 Å². The lowest BCUT2D eigenvalue weighted by atomic mass is 9.69. The smallest absolute Gasteiger partial charge is 0.221 e. The molecular weight excluding hydrogens is 226 g/mol. The van der Waals surface area contributed by atoms with Gasteiger partial charge < -0.3 is 10.1 Å². The highest BCUT2D eigenvalue weighted by Crippen LogP contribution is 2.42. The first-order valence-electron chi connectivity index (χ1n) is 6.43. The zero-order chi connectivity index (χ0) is 13.4. The van der Waals surface area contributed by atoms with Crippen molar-refractivity contribution in [3.63, 3.8) is 0 Å². The average molecular weight is 247 g/mol. The van der Waals surface area contributed by atoms with Crippen LogP contribution in [-0.4, -0.2) is 18.1 Å². The van der Waals surface area contributed by atoms with Crippen LogP contribution in [0.5, 0.6) is 5.75 Å². The number of rotatable bonds is 3. The Labute approximate surface area is 109 Å². The molecule has 3 nitrogen and oxygen atoms in total. The highest BCUT2D eigenvalue weighted by atomic mass is 16.5. The standard InChI is InChI=1S/C15H21NO2/c1-5-18-12-8-6-11(7-9-12)15(4)10-13(17)16-14(15,2)3/h6-9H,5,10H2,1-4H3,(H,16,17). The molecule has 1 fully saturated rings. The monoisotopic (exact) mass is 247 g/mol. The maximum absolute atomic E-state index is 11.7. The Kier molecular flexibility index (Phi) is 3.09. The predicted octanol–water partition coefficient (Wildman–Crippen LogP) is 2.64. The lowest BCUT2D eigenvalue weighted by Gasteiger charge is -2.37. The highest BCUT2D eigenvalue weighted by molar-refractivity contribution is 5.82. The van der Waals surface area contributed by atoms with Crippen LogP contribution < -0.4 is 10.1 Å². The van der Waals surface area contributed by atoms with E-state index in [9.17, 15) is 4.79 Å². The molecule has 0 radical (unpaired) electrons. The molecule has 2 rings (SSSR count). The van der Waals surface area contributed by atoms with Gasteiger partial charge in [-0.25, -0.2) is 0 Å². The number of hydrogen-bond donors (Lipinski definition) is 1. The molecule has 1 atom stereocenters. The van der Waals surface area contributed by atoms with Crippen LogP contribution in [0.4, 0.5) is 0 Å². The number of carbonyl (C=O) groups excluding carboxylic acids is 1. The van der Waals surface area contributed by atoms with Crippen molar-refractivity contribution in [3.8, 4) is 5.75 Å². The van der Waals surface area contributed by atoms with Crippen molar-refractivity contribution in [2.24, 2.45) is 0 Å². The second-order valence-electron chi connectivity index (χ2n) is 5.64. The number of ether oxygens (including phenoxy) is 1. The van der Waals surface area contributed by atoms with Crippen LogP contribution in [0.15, 0.2) is 24.3 Å². The van der Waals surface area contributed by atoms with E-state index in [1.807, 2.05) is 19.1 Å².